The molecule has 0 aliphatic rings. The van der Waals surface area contributed by atoms with E-state index in [4.69, 9.17) is 11.6 Å². The maximum atomic E-state index is 12.8. The van der Waals surface area contributed by atoms with Crippen LogP contribution in [0.25, 0.3) is 11.0 Å². The van der Waals surface area contributed by atoms with E-state index in [9.17, 15) is 18.0 Å². The van der Waals surface area contributed by atoms with Gasteiger partial charge in [-0.2, -0.15) is 13.2 Å². The molecule has 0 amide bonds. The average Bonchev–Trinajstić information content (AvgIpc) is 3.15. The fraction of sp³-hybridized carbons (Fsp3) is 0.100. The van der Waals surface area contributed by atoms with Crippen LogP contribution in [0.4, 0.5) is 19.0 Å². The van der Waals surface area contributed by atoms with Crippen molar-refractivity contribution in [1.29, 1.82) is 0 Å². The van der Waals surface area contributed by atoms with Crippen molar-refractivity contribution < 1.29 is 18.0 Å². The summed E-state index contributed by atoms with van der Waals surface area (Å²) < 4.78 is 37.7. The lowest BCUT2D eigenvalue weighted by Gasteiger charge is -2.08. The third kappa shape index (κ3) is 4.11. The van der Waals surface area contributed by atoms with Crippen LogP contribution in [0.5, 0.6) is 0 Å². The first-order valence-electron chi connectivity index (χ1n) is 8.70. The molecule has 0 saturated carbocycles. The number of pyridine rings is 3. The quantitative estimate of drug-likeness (QED) is 0.440. The summed E-state index contributed by atoms with van der Waals surface area (Å²) in [5.41, 5.74) is 0.976. The highest BCUT2D eigenvalue weighted by atomic mass is 35.5. The van der Waals surface area contributed by atoms with Gasteiger partial charge < -0.3 is 10.3 Å². The zero-order valence-electron chi connectivity index (χ0n) is 15.2. The molecular formula is C20H13ClF3N5O. The number of hydrogen-bond donors (Lipinski definition) is 2. The van der Waals surface area contributed by atoms with Crippen LogP contribution in [-0.4, -0.2) is 25.7 Å². The number of alkyl halides is 3. The molecule has 10 heteroatoms. The Labute approximate surface area is 173 Å². The molecule has 0 spiro atoms. The first-order valence-corrected chi connectivity index (χ1v) is 9.08. The highest BCUT2D eigenvalue weighted by molar-refractivity contribution is 6.31. The summed E-state index contributed by atoms with van der Waals surface area (Å²) in [5, 5.41) is 4.02. The molecule has 4 heterocycles. The van der Waals surface area contributed by atoms with E-state index in [0.717, 1.165) is 12.3 Å². The zero-order chi connectivity index (χ0) is 21.3. The normalized spacial score (nSPS) is 11.6. The second-order valence-corrected chi connectivity index (χ2v) is 6.85. The van der Waals surface area contributed by atoms with Gasteiger partial charge in [0.1, 0.15) is 17.2 Å². The van der Waals surface area contributed by atoms with Gasteiger partial charge >= 0.3 is 6.18 Å². The number of carbonyl (C=O) groups excluding carboxylic acids is 1. The second-order valence-electron chi connectivity index (χ2n) is 6.42. The van der Waals surface area contributed by atoms with Gasteiger partial charge in [-0.25, -0.2) is 9.97 Å². The number of nitrogens with zero attached hydrogens (tertiary/aromatic N) is 3. The molecule has 152 valence electrons. The van der Waals surface area contributed by atoms with Gasteiger partial charge in [0.15, 0.2) is 5.78 Å². The SMILES string of the molecule is O=C(c1ccc(NCc2ccc(C(F)(F)F)nc2)nc1)c1c[nH]c2ncc(Cl)cc12. The van der Waals surface area contributed by atoms with Crippen LogP contribution in [0.2, 0.25) is 5.02 Å². The van der Waals surface area contributed by atoms with Gasteiger partial charge in [0.25, 0.3) is 0 Å². The lowest BCUT2D eigenvalue weighted by atomic mass is 10.1. The average molecular weight is 432 g/mol. The van der Waals surface area contributed by atoms with Crippen molar-refractivity contribution in [3.63, 3.8) is 0 Å². The summed E-state index contributed by atoms with van der Waals surface area (Å²) in [4.78, 5) is 27.5. The van der Waals surface area contributed by atoms with E-state index in [1.54, 1.807) is 24.4 Å². The molecule has 2 N–H and O–H groups in total. The van der Waals surface area contributed by atoms with E-state index >= 15 is 0 Å². The van der Waals surface area contributed by atoms with Gasteiger partial charge in [-0.1, -0.05) is 17.7 Å². The number of ketones is 1. The van der Waals surface area contributed by atoms with Crippen LogP contribution in [-0.2, 0) is 12.7 Å². The number of anilines is 1. The number of aromatic nitrogens is 4. The largest absolute Gasteiger partial charge is 0.433 e. The summed E-state index contributed by atoms with van der Waals surface area (Å²) >= 11 is 5.97. The van der Waals surface area contributed by atoms with Crippen LogP contribution >= 0.6 is 11.6 Å². The van der Waals surface area contributed by atoms with E-state index < -0.39 is 11.9 Å². The van der Waals surface area contributed by atoms with Crippen molar-refractivity contribution >= 4 is 34.2 Å². The number of H-pyrrole nitrogens is 1. The summed E-state index contributed by atoms with van der Waals surface area (Å²) in [7, 11) is 0. The topological polar surface area (TPSA) is 83.6 Å². The number of nitrogens with one attached hydrogen (secondary N) is 2. The van der Waals surface area contributed by atoms with Crippen LogP contribution < -0.4 is 5.32 Å². The minimum atomic E-state index is -4.47. The van der Waals surface area contributed by atoms with Gasteiger partial charge in [0.05, 0.1) is 5.02 Å². The summed E-state index contributed by atoms with van der Waals surface area (Å²) in [6.07, 6.45) is 1.17. The Morgan fingerprint density at radius 1 is 1.07 bits per heavy atom. The van der Waals surface area contributed by atoms with Crippen LogP contribution in [0.1, 0.15) is 27.2 Å². The molecule has 0 aliphatic heterocycles. The molecule has 0 fully saturated rings. The number of hydrogen-bond acceptors (Lipinski definition) is 5. The zero-order valence-corrected chi connectivity index (χ0v) is 15.9. The molecule has 0 bridgehead atoms. The fourth-order valence-electron chi connectivity index (χ4n) is 2.84. The maximum absolute atomic E-state index is 12.8. The first-order chi connectivity index (χ1) is 14.3. The van der Waals surface area contributed by atoms with Gasteiger partial charge in [-0.05, 0) is 29.8 Å². The molecule has 6 nitrogen and oxygen atoms in total. The van der Waals surface area contributed by atoms with Crippen molar-refractivity contribution in [1.82, 2.24) is 19.9 Å². The number of rotatable bonds is 5. The molecule has 4 aromatic heterocycles. The summed E-state index contributed by atoms with van der Waals surface area (Å²) in [5.74, 6) is 0.228. The molecular weight excluding hydrogens is 419 g/mol. The molecule has 4 aromatic rings. The van der Waals surface area contributed by atoms with Crippen molar-refractivity contribution in [2.45, 2.75) is 12.7 Å². The smallest absolute Gasteiger partial charge is 0.366 e. The van der Waals surface area contributed by atoms with Gasteiger partial charge in [0.2, 0.25) is 0 Å². The van der Waals surface area contributed by atoms with E-state index in [1.165, 1.54) is 18.5 Å². The van der Waals surface area contributed by atoms with E-state index in [-0.39, 0.29) is 12.3 Å². The molecule has 0 atom stereocenters. The van der Waals surface area contributed by atoms with Crippen LogP contribution in [0.3, 0.4) is 0 Å². The Hall–Kier alpha value is -3.46. The van der Waals surface area contributed by atoms with Crippen LogP contribution in [0.15, 0.2) is 55.1 Å². The third-order valence-electron chi connectivity index (χ3n) is 4.36. The predicted octanol–water partition coefficient (Wildman–Crippen LogP) is 4.87. The lowest BCUT2D eigenvalue weighted by molar-refractivity contribution is -0.141. The second kappa shape index (κ2) is 7.75. The Morgan fingerprint density at radius 2 is 1.90 bits per heavy atom. The Kier molecular flexibility index (Phi) is 5.13. The Morgan fingerprint density at radius 3 is 2.57 bits per heavy atom. The highest BCUT2D eigenvalue weighted by Crippen LogP contribution is 2.27. The van der Waals surface area contributed by atoms with Crippen molar-refractivity contribution in [3.8, 4) is 0 Å². The molecule has 30 heavy (non-hydrogen) atoms. The number of fused-ring (bicyclic) bond motifs is 1. The lowest BCUT2D eigenvalue weighted by Crippen LogP contribution is -2.09. The van der Waals surface area contributed by atoms with Gasteiger partial charge in [-0.3, -0.25) is 9.78 Å². The van der Waals surface area contributed by atoms with Crippen molar-refractivity contribution in [3.05, 3.63) is 82.5 Å². The molecule has 0 aromatic carbocycles. The monoisotopic (exact) mass is 431 g/mol. The minimum Gasteiger partial charge on any atom is -0.366 e. The summed E-state index contributed by atoms with van der Waals surface area (Å²) in [6, 6.07) is 7.16. The number of halogens is 4. The predicted molar refractivity (Wildman–Crippen MR) is 105 cm³/mol. The molecule has 0 saturated heterocycles. The van der Waals surface area contributed by atoms with Crippen molar-refractivity contribution in [2.24, 2.45) is 0 Å². The van der Waals surface area contributed by atoms with Gasteiger partial charge in [0, 0.05) is 47.8 Å². The van der Waals surface area contributed by atoms with Crippen molar-refractivity contribution in [2.75, 3.05) is 5.32 Å². The van der Waals surface area contributed by atoms with Gasteiger partial charge in [-0.15, -0.1) is 0 Å². The molecule has 0 unspecified atom stereocenters. The molecule has 0 radical (unpaired) electrons. The molecule has 4 rings (SSSR count). The van der Waals surface area contributed by atoms with Crippen LogP contribution in [0, 0.1) is 0 Å². The highest BCUT2D eigenvalue weighted by Gasteiger charge is 2.31. The number of aromatic amines is 1. The van der Waals surface area contributed by atoms with E-state index in [2.05, 4.69) is 25.3 Å². The standard InChI is InChI=1S/C20H13ClF3N5O/c21-13-5-14-15(10-29-19(14)28-9-13)18(30)12-2-4-17(27-8-12)26-7-11-1-3-16(25-6-11)20(22,23)24/h1-6,8-10H,7H2,(H,26,27)(H,28,29). The first kappa shape index (κ1) is 19.8. The number of carbonyl (C=O) groups is 1. The minimum absolute atomic E-state index is 0.234. The summed E-state index contributed by atoms with van der Waals surface area (Å²) in [6.45, 7) is 0.234. The maximum Gasteiger partial charge on any atom is 0.433 e. The van der Waals surface area contributed by atoms with E-state index in [0.29, 0.717) is 38.6 Å². The third-order valence-corrected chi connectivity index (χ3v) is 4.56. The molecule has 0 aliphatic carbocycles. The van der Waals surface area contributed by atoms with E-state index in [1.807, 2.05) is 0 Å². The fourth-order valence-corrected chi connectivity index (χ4v) is 3.00. The Balaban J connectivity index is 1.45. The Bertz CT molecular complexity index is 1200.